The van der Waals surface area contributed by atoms with E-state index in [0.29, 0.717) is 11.3 Å². The average Bonchev–Trinajstić information content (AvgIpc) is 3.33. The first-order valence-corrected chi connectivity index (χ1v) is 11.8. The van der Waals surface area contributed by atoms with Crippen LogP contribution in [0.25, 0.3) is 11.4 Å². The Balaban J connectivity index is 1.70. The minimum atomic E-state index is -0.152. The maximum Gasteiger partial charge on any atom is 0.234 e. The highest BCUT2D eigenvalue weighted by molar-refractivity contribution is 7.99. The number of amides is 1. The van der Waals surface area contributed by atoms with Gasteiger partial charge in [0.2, 0.25) is 5.91 Å². The lowest BCUT2D eigenvalue weighted by molar-refractivity contribution is -0.113. The van der Waals surface area contributed by atoms with Crippen molar-refractivity contribution in [2.75, 3.05) is 11.1 Å². The molecule has 158 valence electrons. The van der Waals surface area contributed by atoms with Crippen LogP contribution in [0.2, 0.25) is 0 Å². The van der Waals surface area contributed by atoms with Crippen LogP contribution in [0.3, 0.4) is 0 Å². The minimum absolute atomic E-state index is 0.0337. The van der Waals surface area contributed by atoms with Crippen molar-refractivity contribution < 1.29 is 9.59 Å². The topological polar surface area (TPSA) is 76.9 Å². The van der Waals surface area contributed by atoms with Gasteiger partial charge in [0.15, 0.2) is 16.8 Å². The highest BCUT2D eigenvalue weighted by Gasteiger charge is 2.19. The first-order chi connectivity index (χ1) is 14.4. The zero-order chi connectivity index (χ0) is 21.7. The van der Waals surface area contributed by atoms with Gasteiger partial charge in [-0.15, -0.1) is 21.5 Å². The molecule has 0 unspecified atom stereocenters. The average molecular weight is 443 g/mol. The van der Waals surface area contributed by atoms with Crippen LogP contribution in [-0.2, 0) is 11.2 Å². The largest absolute Gasteiger partial charge is 0.325 e. The molecule has 0 spiro atoms. The third-order valence-electron chi connectivity index (χ3n) is 4.47. The third-order valence-corrected chi connectivity index (χ3v) is 6.41. The van der Waals surface area contributed by atoms with Crippen LogP contribution < -0.4 is 5.32 Å². The molecule has 30 heavy (non-hydrogen) atoms. The van der Waals surface area contributed by atoms with Gasteiger partial charge in [-0.25, -0.2) is 0 Å². The van der Waals surface area contributed by atoms with Crippen LogP contribution in [0.5, 0.6) is 0 Å². The summed E-state index contributed by atoms with van der Waals surface area (Å²) >= 11 is 3.10. The van der Waals surface area contributed by atoms with Crippen molar-refractivity contribution in [1.82, 2.24) is 14.8 Å². The van der Waals surface area contributed by atoms with Crippen molar-refractivity contribution in [1.29, 1.82) is 0 Å². The fourth-order valence-electron chi connectivity index (χ4n) is 3.06. The second-order valence-electron chi connectivity index (χ2n) is 7.30. The van der Waals surface area contributed by atoms with Gasteiger partial charge in [0, 0.05) is 33.1 Å². The Bertz CT molecular complexity index is 1040. The number of nitrogens with zero attached hydrogens (tertiary/aromatic N) is 3. The van der Waals surface area contributed by atoms with Crippen LogP contribution in [0.1, 0.15) is 55.4 Å². The Morgan fingerprint density at radius 1 is 1.23 bits per heavy atom. The maximum absolute atomic E-state index is 12.4. The number of carbonyl (C=O) groups is 2. The number of hydrogen-bond acceptors (Lipinski definition) is 6. The molecule has 2 heterocycles. The number of ketones is 1. The van der Waals surface area contributed by atoms with E-state index in [4.69, 9.17) is 0 Å². The summed E-state index contributed by atoms with van der Waals surface area (Å²) in [6.45, 7) is 7.85. The molecule has 6 nitrogen and oxygen atoms in total. The summed E-state index contributed by atoms with van der Waals surface area (Å²) in [5.74, 6) is 0.857. The number of hydrogen-bond donors (Lipinski definition) is 1. The van der Waals surface area contributed by atoms with E-state index in [0.717, 1.165) is 29.4 Å². The Kier molecular flexibility index (Phi) is 7.44. The second-order valence-corrected chi connectivity index (χ2v) is 9.23. The van der Waals surface area contributed by atoms with Crippen LogP contribution >= 0.6 is 23.1 Å². The number of thiophene rings is 1. The molecule has 0 atom stereocenters. The van der Waals surface area contributed by atoms with E-state index in [2.05, 4.69) is 52.3 Å². The summed E-state index contributed by atoms with van der Waals surface area (Å²) in [5, 5.41) is 14.4. The van der Waals surface area contributed by atoms with E-state index in [-0.39, 0.29) is 23.5 Å². The molecule has 3 rings (SSSR count). The van der Waals surface area contributed by atoms with Gasteiger partial charge in [0.1, 0.15) is 0 Å². The molecule has 0 saturated heterocycles. The molecule has 8 heteroatoms. The lowest BCUT2D eigenvalue weighted by atomic mass is 10.1. The van der Waals surface area contributed by atoms with Crippen molar-refractivity contribution in [3.8, 4) is 11.4 Å². The van der Waals surface area contributed by atoms with Crippen LogP contribution in [0.15, 0.2) is 40.9 Å². The molecule has 1 amide bonds. The number of nitrogens with one attached hydrogen (secondary N) is 1. The number of Topliss-reactive ketones (excluding diaryl/α,β-unsaturated/α-hetero) is 1. The van der Waals surface area contributed by atoms with Crippen LogP contribution in [0, 0.1) is 0 Å². The summed E-state index contributed by atoms with van der Waals surface area (Å²) in [6, 6.07) is 9.30. The van der Waals surface area contributed by atoms with Gasteiger partial charge in [0.05, 0.1) is 5.75 Å². The van der Waals surface area contributed by atoms with Crippen LogP contribution in [-0.4, -0.2) is 32.2 Å². The van der Waals surface area contributed by atoms with E-state index in [1.165, 1.54) is 23.6 Å². The predicted molar refractivity (Wildman–Crippen MR) is 124 cm³/mol. The standard InChI is InChI=1S/C22H26N4O2S2/c1-5-7-19-11-17(12-29-19)21-24-25-22(26(21)14(2)3)30-13-20(28)23-18-9-6-8-16(10-18)15(4)27/h6,8-12,14H,5,7,13H2,1-4H3,(H,23,28). The van der Waals surface area contributed by atoms with Gasteiger partial charge in [0.25, 0.3) is 0 Å². The summed E-state index contributed by atoms with van der Waals surface area (Å²) in [4.78, 5) is 25.3. The Hall–Kier alpha value is -2.45. The third kappa shape index (κ3) is 5.37. The molecule has 1 N–H and O–H groups in total. The molecule has 0 bridgehead atoms. The zero-order valence-corrected chi connectivity index (χ0v) is 19.3. The molecule has 0 aliphatic heterocycles. The lowest BCUT2D eigenvalue weighted by Crippen LogP contribution is -2.15. The first kappa shape index (κ1) is 22.2. The molecule has 0 aliphatic carbocycles. The number of carbonyl (C=O) groups excluding carboxylic acids is 2. The SMILES string of the molecule is CCCc1cc(-c2nnc(SCC(=O)Nc3cccc(C(C)=O)c3)n2C(C)C)cs1. The highest BCUT2D eigenvalue weighted by atomic mass is 32.2. The van der Waals surface area contributed by atoms with E-state index in [1.54, 1.807) is 35.6 Å². The number of rotatable bonds is 9. The Morgan fingerprint density at radius 3 is 2.73 bits per heavy atom. The summed E-state index contributed by atoms with van der Waals surface area (Å²) in [5.41, 5.74) is 2.26. The summed E-state index contributed by atoms with van der Waals surface area (Å²) in [7, 11) is 0. The fourth-order valence-corrected chi connectivity index (χ4v) is 4.89. The molecule has 2 aromatic heterocycles. The Morgan fingerprint density at radius 2 is 2.03 bits per heavy atom. The predicted octanol–water partition coefficient (Wildman–Crippen LogP) is 5.47. The van der Waals surface area contributed by atoms with Crippen molar-refractivity contribution in [3.05, 3.63) is 46.2 Å². The summed E-state index contributed by atoms with van der Waals surface area (Å²) < 4.78 is 2.08. The van der Waals surface area contributed by atoms with Gasteiger partial charge in [-0.1, -0.05) is 37.2 Å². The van der Waals surface area contributed by atoms with Crippen molar-refractivity contribution in [2.45, 2.75) is 51.7 Å². The zero-order valence-electron chi connectivity index (χ0n) is 17.6. The highest BCUT2D eigenvalue weighted by Crippen LogP contribution is 2.31. The number of anilines is 1. The summed E-state index contributed by atoms with van der Waals surface area (Å²) in [6.07, 6.45) is 2.18. The van der Waals surface area contributed by atoms with Gasteiger partial charge in [-0.05, 0) is 45.4 Å². The van der Waals surface area contributed by atoms with Crippen molar-refractivity contribution >= 4 is 40.5 Å². The molecule has 0 fully saturated rings. The van der Waals surface area contributed by atoms with E-state index >= 15 is 0 Å². The fraction of sp³-hybridized carbons (Fsp3) is 0.364. The first-order valence-electron chi connectivity index (χ1n) is 9.95. The second kappa shape index (κ2) is 10.0. The number of aryl methyl sites for hydroxylation is 1. The number of benzene rings is 1. The molecule has 0 radical (unpaired) electrons. The van der Waals surface area contributed by atoms with E-state index in [1.807, 2.05) is 0 Å². The minimum Gasteiger partial charge on any atom is -0.325 e. The number of aromatic nitrogens is 3. The normalized spacial score (nSPS) is 11.1. The molecule has 0 aliphatic rings. The molecule has 0 saturated carbocycles. The molecule has 1 aromatic carbocycles. The van der Waals surface area contributed by atoms with Gasteiger partial charge in [-0.3, -0.25) is 14.2 Å². The Labute approximate surface area is 185 Å². The van der Waals surface area contributed by atoms with Gasteiger partial charge < -0.3 is 5.32 Å². The lowest BCUT2D eigenvalue weighted by Gasteiger charge is -2.13. The van der Waals surface area contributed by atoms with Gasteiger partial charge in [-0.2, -0.15) is 0 Å². The van der Waals surface area contributed by atoms with Crippen molar-refractivity contribution in [3.63, 3.8) is 0 Å². The van der Waals surface area contributed by atoms with Gasteiger partial charge >= 0.3 is 0 Å². The van der Waals surface area contributed by atoms with Crippen LogP contribution in [0.4, 0.5) is 5.69 Å². The molecular formula is C22H26N4O2S2. The maximum atomic E-state index is 12.4. The number of thioether (sulfide) groups is 1. The van der Waals surface area contributed by atoms with E-state index < -0.39 is 0 Å². The van der Waals surface area contributed by atoms with Crippen molar-refractivity contribution in [2.24, 2.45) is 0 Å². The monoisotopic (exact) mass is 442 g/mol. The quantitative estimate of drug-likeness (QED) is 0.351. The van der Waals surface area contributed by atoms with E-state index in [9.17, 15) is 9.59 Å². The smallest absolute Gasteiger partial charge is 0.234 e. The molecule has 3 aromatic rings. The molecular weight excluding hydrogens is 416 g/mol.